The van der Waals surface area contributed by atoms with Crippen LogP contribution in [0.5, 0.6) is 0 Å². The minimum absolute atomic E-state index is 0.0860. The molecule has 2 aromatic carbocycles. The van der Waals surface area contributed by atoms with Gasteiger partial charge in [-0.05, 0) is 37.3 Å². The number of anilines is 1. The normalized spacial score (nSPS) is 11.7. The van der Waals surface area contributed by atoms with Gasteiger partial charge in [-0.3, -0.25) is 24.2 Å². The number of aromatic nitrogens is 2. The lowest BCUT2D eigenvalue weighted by atomic mass is 10.1. The molecule has 0 atom stereocenters. The molecule has 0 unspecified atom stereocenters. The number of hydrogen-bond acceptors (Lipinski definition) is 5. The highest BCUT2D eigenvalue weighted by Crippen LogP contribution is 2.24. The summed E-state index contributed by atoms with van der Waals surface area (Å²) in [4.78, 5) is 28.2. The Morgan fingerprint density at radius 3 is 2.52 bits per heavy atom. The van der Waals surface area contributed by atoms with E-state index >= 15 is 0 Å². The molecule has 0 saturated carbocycles. The predicted octanol–water partition coefficient (Wildman–Crippen LogP) is 2.14. The van der Waals surface area contributed by atoms with Gasteiger partial charge in [0.25, 0.3) is 5.56 Å². The van der Waals surface area contributed by atoms with Gasteiger partial charge in [0.15, 0.2) is 0 Å². The first-order valence-corrected chi connectivity index (χ1v) is 9.63. The summed E-state index contributed by atoms with van der Waals surface area (Å²) in [5.41, 5.74) is 0.547. The monoisotopic (exact) mass is 416 g/mol. The maximum atomic E-state index is 12.7. The minimum atomic E-state index is -4.54. The SMILES string of the molecule is Cc1[nH]n(-c2ccccc2)c(=O)c1C=Nc1cc(NS(=O)(=O)O)ccc1C(=O)O. The van der Waals surface area contributed by atoms with E-state index in [2.05, 4.69) is 10.1 Å². The van der Waals surface area contributed by atoms with Crippen molar-refractivity contribution in [3.63, 3.8) is 0 Å². The molecule has 4 N–H and O–H groups in total. The van der Waals surface area contributed by atoms with E-state index in [-0.39, 0.29) is 28.1 Å². The summed E-state index contributed by atoms with van der Waals surface area (Å²) in [5, 5.41) is 12.2. The molecule has 0 amide bonds. The summed E-state index contributed by atoms with van der Waals surface area (Å²) < 4.78 is 34.0. The molecule has 10 nitrogen and oxygen atoms in total. The van der Waals surface area contributed by atoms with Crippen LogP contribution < -0.4 is 10.3 Å². The number of para-hydroxylation sites is 1. The molecule has 1 aromatic heterocycles. The Kier molecular flexibility index (Phi) is 5.35. The Labute approximate surface area is 165 Å². The van der Waals surface area contributed by atoms with Crippen molar-refractivity contribution in [3.05, 3.63) is 75.7 Å². The van der Waals surface area contributed by atoms with Crippen molar-refractivity contribution in [1.29, 1.82) is 0 Å². The zero-order valence-corrected chi connectivity index (χ0v) is 15.8. The first-order valence-electron chi connectivity index (χ1n) is 8.19. The number of carboxylic acids is 1. The van der Waals surface area contributed by atoms with Crippen molar-refractivity contribution < 1.29 is 22.9 Å². The van der Waals surface area contributed by atoms with Crippen molar-refractivity contribution in [3.8, 4) is 5.69 Å². The summed E-state index contributed by atoms with van der Waals surface area (Å²) in [6.07, 6.45) is 1.20. The predicted molar refractivity (Wildman–Crippen MR) is 107 cm³/mol. The molecule has 3 aromatic rings. The van der Waals surface area contributed by atoms with Crippen LogP contribution in [-0.4, -0.2) is 40.0 Å². The average molecular weight is 416 g/mol. The van der Waals surface area contributed by atoms with Crippen LogP contribution in [0.15, 0.2) is 58.3 Å². The molecule has 150 valence electrons. The number of hydrogen-bond donors (Lipinski definition) is 4. The second-order valence-electron chi connectivity index (χ2n) is 6.00. The number of carbonyl (C=O) groups is 1. The van der Waals surface area contributed by atoms with Crippen LogP contribution in [0.2, 0.25) is 0 Å². The molecule has 0 fully saturated rings. The lowest BCUT2D eigenvalue weighted by molar-refractivity contribution is 0.0698. The number of rotatable bonds is 6. The van der Waals surface area contributed by atoms with E-state index in [0.29, 0.717) is 11.4 Å². The van der Waals surface area contributed by atoms with Crippen LogP contribution in [0, 0.1) is 6.92 Å². The molecule has 29 heavy (non-hydrogen) atoms. The Hall–Kier alpha value is -3.70. The Morgan fingerprint density at radius 2 is 1.90 bits per heavy atom. The van der Waals surface area contributed by atoms with Gasteiger partial charge in [0, 0.05) is 11.9 Å². The molecular weight excluding hydrogens is 400 g/mol. The zero-order chi connectivity index (χ0) is 21.2. The maximum absolute atomic E-state index is 12.7. The van der Waals surface area contributed by atoms with Gasteiger partial charge in [-0.2, -0.15) is 8.42 Å². The van der Waals surface area contributed by atoms with Gasteiger partial charge < -0.3 is 5.11 Å². The van der Waals surface area contributed by atoms with Crippen LogP contribution in [-0.2, 0) is 10.3 Å². The lowest BCUT2D eigenvalue weighted by Crippen LogP contribution is -2.17. The van der Waals surface area contributed by atoms with Crippen molar-refractivity contribution in [2.24, 2.45) is 4.99 Å². The summed E-state index contributed by atoms with van der Waals surface area (Å²) >= 11 is 0. The van der Waals surface area contributed by atoms with Crippen molar-refractivity contribution in [1.82, 2.24) is 9.78 Å². The third-order valence-electron chi connectivity index (χ3n) is 3.94. The number of benzene rings is 2. The highest BCUT2D eigenvalue weighted by atomic mass is 32.2. The lowest BCUT2D eigenvalue weighted by Gasteiger charge is -2.06. The van der Waals surface area contributed by atoms with E-state index in [1.54, 1.807) is 31.2 Å². The van der Waals surface area contributed by atoms with Gasteiger partial charge in [-0.25, -0.2) is 9.48 Å². The first kappa shape index (κ1) is 20.0. The van der Waals surface area contributed by atoms with E-state index in [1.165, 1.54) is 17.0 Å². The van der Waals surface area contributed by atoms with Gasteiger partial charge >= 0.3 is 16.3 Å². The summed E-state index contributed by atoms with van der Waals surface area (Å²) in [7, 11) is -4.54. The van der Waals surface area contributed by atoms with Gasteiger partial charge in [-0.15, -0.1) is 0 Å². The minimum Gasteiger partial charge on any atom is -0.478 e. The third kappa shape index (κ3) is 4.59. The summed E-state index contributed by atoms with van der Waals surface area (Å²) in [6.45, 7) is 1.66. The quantitative estimate of drug-likeness (QED) is 0.357. The van der Waals surface area contributed by atoms with Gasteiger partial charge in [0.05, 0.1) is 28.2 Å². The first-order chi connectivity index (χ1) is 13.7. The van der Waals surface area contributed by atoms with Crippen LogP contribution in [0.1, 0.15) is 21.6 Å². The van der Waals surface area contributed by atoms with Crippen molar-refractivity contribution in [2.75, 3.05) is 4.72 Å². The highest BCUT2D eigenvalue weighted by Gasteiger charge is 2.14. The Balaban J connectivity index is 2.04. The van der Waals surface area contributed by atoms with Crippen LogP contribution >= 0.6 is 0 Å². The third-order valence-corrected chi connectivity index (χ3v) is 4.43. The van der Waals surface area contributed by atoms with Crippen LogP contribution in [0.3, 0.4) is 0 Å². The van der Waals surface area contributed by atoms with E-state index in [0.717, 1.165) is 12.1 Å². The van der Waals surface area contributed by atoms with Crippen molar-refractivity contribution >= 4 is 33.9 Å². The number of nitrogens with one attached hydrogen (secondary N) is 2. The van der Waals surface area contributed by atoms with E-state index in [9.17, 15) is 23.1 Å². The van der Waals surface area contributed by atoms with E-state index < -0.39 is 16.3 Å². The second kappa shape index (κ2) is 7.73. The highest BCUT2D eigenvalue weighted by molar-refractivity contribution is 7.87. The zero-order valence-electron chi connectivity index (χ0n) is 15.0. The molecule has 0 spiro atoms. The maximum Gasteiger partial charge on any atom is 0.357 e. The fourth-order valence-electron chi connectivity index (χ4n) is 2.64. The molecule has 0 aliphatic carbocycles. The van der Waals surface area contributed by atoms with Gasteiger partial charge in [-0.1, -0.05) is 18.2 Å². The Morgan fingerprint density at radius 1 is 1.21 bits per heavy atom. The standard InChI is InChI=1S/C18H16N4O6S/c1-11-15(17(23)22(20-11)13-5-3-2-4-6-13)10-19-16-9-12(21-29(26,27)28)7-8-14(16)18(24)25/h2-10,20-21H,1H3,(H,24,25)(H,26,27,28). The summed E-state index contributed by atoms with van der Waals surface area (Å²) in [6, 6.07) is 12.3. The number of carboxylic acid groups (broad SMARTS) is 1. The fourth-order valence-corrected chi connectivity index (χ4v) is 3.06. The molecule has 0 saturated heterocycles. The Bertz CT molecular complexity index is 1260. The topological polar surface area (TPSA) is 154 Å². The molecule has 11 heteroatoms. The molecule has 0 radical (unpaired) electrons. The van der Waals surface area contributed by atoms with Crippen LogP contribution in [0.4, 0.5) is 11.4 Å². The number of aliphatic imine (C=N–C) groups is 1. The summed E-state index contributed by atoms with van der Waals surface area (Å²) in [5.74, 6) is -1.29. The number of aryl methyl sites for hydroxylation is 1. The molecule has 0 aliphatic heterocycles. The van der Waals surface area contributed by atoms with Gasteiger partial charge in [0.1, 0.15) is 0 Å². The number of H-pyrrole nitrogens is 1. The van der Waals surface area contributed by atoms with Crippen molar-refractivity contribution in [2.45, 2.75) is 6.92 Å². The molecule has 0 bridgehead atoms. The second-order valence-corrected chi connectivity index (χ2v) is 7.15. The number of nitrogens with zero attached hydrogens (tertiary/aromatic N) is 2. The van der Waals surface area contributed by atoms with Gasteiger partial charge in [0.2, 0.25) is 0 Å². The van der Waals surface area contributed by atoms with Crippen LogP contribution in [0.25, 0.3) is 5.69 Å². The number of aromatic amines is 1. The largest absolute Gasteiger partial charge is 0.478 e. The molecule has 1 heterocycles. The molecule has 0 aliphatic rings. The molecular formula is C18H16N4O6S. The average Bonchev–Trinajstić information content (AvgIpc) is 2.93. The van der Waals surface area contributed by atoms with E-state index in [1.807, 2.05) is 10.8 Å². The smallest absolute Gasteiger partial charge is 0.357 e. The van der Waals surface area contributed by atoms with E-state index in [4.69, 9.17) is 4.55 Å². The number of aromatic carboxylic acids is 1. The molecule has 3 rings (SSSR count). The fraction of sp³-hybridized carbons (Fsp3) is 0.0556.